The van der Waals surface area contributed by atoms with E-state index in [2.05, 4.69) is 6.58 Å². The van der Waals surface area contributed by atoms with Crippen molar-refractivity contribution in [3.05, 3.63) is 48.0 Å². The van der Waals surface area contributed by atoms with Gasteiger partial charge in [0.25, 0.3) is 0 Å². The van der Waals surface area contributed by atoms with Crippen LogP contribution in [0.15, 0.2) is 42.5 Å². The normalized spacial score (nSPS) is 20.0. The topological polar surface area (TPSA) is 52.6 Å². The second-order valence-electron chi connectivity index (χ2n) is 5.86. The molecular weight excluding hydrogens is 292 g/mol. The fourth-order valence-corrected chi connectivity index (χ4v) is 2.96. The van der Waals surface area contributed by atoms with Gasteiger partial charge in [0.05, 0.1) is 12.2 Å². The van der Waals surface area contributed by atoms with E-state index in [0.717, 1.165) is 25.7 Å². The van der Waals surface area contributed by atoms with E-state index in [0.29, 0.717) is 24.2 Å². The molecule has 2 rings (SSSR count). The van der Waals surface area contributed by atoms with Crippen LogP contribution in [0.5, 0.6) is 0 Å². The second-order valence-corrected chi connectivity index (χ2v) is 5.86. The van der Waals surface area contributed by atoms with E-state index < -0.39 is 0 Å². The van der Waals surface area contributed by atoms with Crippen molar-refractivity contribution in [3.8, 4) is 0 Å². The van der Waals surface area contributed by atoms with Crippen LogP contribution < -0.4 is 0 Å². The van der Waals surface area contributed by atoms with Gasteiger partial charge < -0.3 is 9.47 Å². The average molecular weight is 316 g/mol. The fraction of sp³-hybridized carbons (Fsp3) is 0.474. The lowest BCUT2D eigenvalue weighted by molar-refractivity contribution is -0.138. The van der Waals surface area contributed by atoms with E-state index in [1.54, 1.807) is 19.1 Å². The van der Waals surface area contributed by atoms with Crippen LogP contribution in [0.25, 0.3) is 0 Å². The predicted molar refractivity (Wildman–Crippen MR) is 88.0 cm³/mol. The Kier molecular flexibility index (Phi) is 6.39. The van der Waals surface area contributed by atoms with Crippen LogP contribution in [0.3, 0.4) is 0 Å². The van der Waals surface area contributed by atoms with E-state index in [-0.39, 0.29) is 24.0 Å². The Hall–Kier alpha value is -2.10. The van der Waals surface area contributed by atoms with E-state index in [1.807, 2.05) is 18.2 Å². The molecule has 0 saturated heterocycles. The van der Waals surface area contributed by atoms with E-state index in [1.165, 1.54) is 0 Å². The molecule has 0 aliphatic heterocycles. The first-order valence-corrected chi connectivity index (χ1v) is 8.22. The van der Waals surface area contributed by atoms with Gasteiger partial charge in [0.15, 0.2) is 0 Å². The summed E-state index contributed by atoms with van der Waals surface area (Å²) in [5.74, 6) is -0.316. The van der Waals surface area contributed by atoms with Crippen molar-refractivity contribution in [3.63, 3.8) is 0 Å². The molecule has 0 bridgehead atoms. The van der Waals surface area contributed by atoms with E-state index in [9.17, 15) is 9.59 Å². The van der Waals surface area contributed by atoms with Crippen LogP contribution in [0.4, 0.5) is 0 Å². The molecule has 1 aliphatic carbocycles. The monoisotopic (exact) mass is 316 g/mol. The third-order valence-corrected chi connectivity index (χ3v) is 4.24. The van der Waals surface area contributed by atoms with Crippen molar-refractivity contribution in [1.29, 1.82) is 0 Å². The summed E-state index contributed by atoms with van der Waals surface area (Å²) in [6.07, 6.45) is 4.26. The minimum Gasteiger partial charge on any atom is -0.463 e. The van der Waals surface area contributed by atoms with Gasteiger partial charge in [-0.15, -0.1) is 0 Å². The quantitative estimate of drug-likeness (QED) is 0.565. The molecule has 1 aromatic rings. The predicted octanol–water partition coefficient (Wildman–Crippen LogP) is 3.91. The van der Waals surface area contributed by atoms with Crippen LogP contribution >= 0.6 is 0 Å². The lowest BCUT2D eigenvalue weighted by atomic mass is 9.97. The number of carbonyl (C=O) groups is 2. The number of rotatable bonds is 7. The number of esters is 2. The Balaban J connectivity index is 1.84. The second kappa shape index (κ2) is 8.51. The van der Waals surface area contributed by atoms with Crippen LogP contribution in [0.2, 0.25) is 0 Å². The number of hydrogen-bond acceptors (Lipinski definition) is 4. The molecule has 1 aliphatic rings. The zero-order valence-electron chi connectivity index (χ0n) is 13.6. The first-order chi connectivity index (χ1) is 11.1. The molecule has 124 valence electrons. The van der Waals surface area contributed by atoms with Crippen LogP contribution in [-0.4, -0.2) is 24.6 Å². The van der Waals surface area contributed by atoms with Gasteiger partial charge in [-0.25, -0.2) is 9.59 Å². The Bertz CT molecular complexity index is 550. The molecule has 23 heavy (non-hydrogen) atoms. The van der Waals surface area contributed by atoms with Gasteiger partial charge in [0.2, 0.25) is 0 Å². The molecule has 1 saturated carbocycles. The highest BCUT2D eigenvalue weighted by atomic mass is 16.5. The Morgan fingerprint density at radius 1 is 1.22 bits per heavy atom. The molecule has 0 amide bonds. The lowest BCUT2D eigenvalue weighted by Crippen LogP contribution is -2.22. The summed E-state index contributed by atoms with van der Waals surface area (Å²) in [6.45, 7) is 5.92. The number of benzene rings is 1. The van der Waals surface area contributed by atoms with Crippen LogP contribution in [-0.2, 0) is 14.3 Å². The van der Waals surface area contributed by atoms with Crippen molar-refractivity contribution >= 4 is 11.9 Å². The molecule has 4 heteroatoms. The summed E-state index contributed by atoms with van der Waals surface area (Å²) in [6, 6.07) is 9.04. The van der Waals surface area contributed by atoms with Gasteiger partial charge in [-0.2, -0.15) is 0 Å². The van der Waals surface area contributed by atoms with Crippen molar-refractivity contribution < 1.29 is 19.1 Å². The van der Waals surface area contributed by atoms with Crippen molar-refractivity contribution in [1.82, 2.24) is 0 Å². The Morgan fingerprint density at radius 2 is 1.96 bits per heavy atom. The summed E-state index contributed by atoms with van der Waals surface area (Å²) in [5.41, 5.74) is 1.07. The third kappa shape index (κ3) is 4.95. The smallest absolute Gasteiger partial charge is 0.338 e. The molecule has 1 aromatic carbocycles. The molecule has 0 N–H and O–H groups in total. The molecule has 0 spiro atoms. The van der Waals surface area contributed by atoms with Gasteiger partial charge in [0, 0.05) is 5.57 Å². The summed E-state index contributed by atoms with van der Waals surface area (Å²) in [4.78, 5) is 23.7. The molecule has 0 radical (unpaired) electrons. The average Bonchev–Trinajstić information content (AvgIpc) is 3.00. The summed E-state index contributed by atoms with van der Waals surface area (Å²) in [5, 5.41) is 0. The number of carbonyl (C=O) groups excluding carboxylic acids is 2. The molecule has 0 heterocycles. The van der Waals surface area contributed by atoms with Gasteiger partial charge in [-0.1, -0.05) is 24.8 Å². The molecule has 4 nitrogen and oxygen atoms in total. The minimum absolute atomic E-state index is 0.0716. The number of hydrogen-bond donors (Lipinski definition) is 0. The minimum atomic E-state index is -0.330. The Morgan fingerprint density at radius 3 is 2.65 bits per heavy atom. The van der Waals surface area contributed by atoms with Crippen LogP contribution in [0, 0.1) is 5.92 Å². The van der Waals surface area contributed by atoms with Crippen molar-refractivity contribution in [2.45, 2.75) is 45.1 Å². The first-order valence-electron chi connectivity index (χ1n) is 8.22. The van der Waals surface area contributed by atoms with Gasteiger partial charge >= 0.3 is 11.9 Å². The van der Waals surface area contributed by atoms with Crippen molar-refractivity contribution in [2.24, 2.45) is 5.92 Å². The molecule has 1 unspecified atom stereocenters. The van der Waals surface area contributed by atoms with Crippen molar-refractivity contribution in [2.75, 3.05) is 6.61 Å². The summed E-state index contributed by atoms with van der Waals surface area (Å²) in [7, 11) is 0. The number of ether oxygens (including phenoxy) is 2. The zero-order chi connectivity index (χ0) is 16.7. The fourth-order valence-electron chi connectivity index (χ4n) is 2.96. The summed E-state index contributed by atoms with van der Waals surface area (Å²) >= 11 is 0. The Labute approximate surface area is 137 Å². The lowest BCUT2D eigenvalue weighted by Gasteiger charge is -2.20. The van der Waals surface area contributed by atoms with Gasteiger partial charge in [0.1, 0.15) is 6.10 Å². The van der Waals surface area contributed by atoms with Crippen LogP contribution in [0.1, 0.15) is 49.4 Å². The highest BCUT2D eigenvalue weighted by Gasteiger charge is 2.30. The third-order valence-electron chi connectivity index (χ3n) is 4.24. The van der Waals surface area contributed by atoms with Gasteiger partial charge in [-0.05, 0) is 57.1 Å². The first kappa shape index (κ1) is 17.3. The highest BCUT2D eigenvalue weighted by Crippen LogP contribution is 2.33. The van der Waals surface area contributed by atoms with E-state index >= 15 is 0 Å². The molecule has 1 fully saturated rings. The van der Waals surface area contributed by atoms with Gasteiger partial charge in [-0.3, -0.25) is 0 Å². The molecular formula is C19H24O4. The highest BCUT2D eigenvalue weighted by molar-refractivity contribution is 5.89. The largest absolute Gasteiger partial charge is 0.463 e. The maximum absolute atomic E-state index is 12.2. The zero-order valence-corrected chi connectivity index (χ0v) is 13.6. The summed E-state index contributed by atoms with van der Waals surface area (Å²) < 4.78 is 10.6. The maximum atomic E-state index is 12.2. The maximum Gasteiger partial charge on any atom is 0.338 e. The standard InChI is InChI=1S/C19H24O4/c1-3-22-18(20)14(2)12-13-15-10-7-11-17(15)23-19(21)16-8-5-4-6-9-16/h4-6,8-9,15,17H,2-3,7,10-13H2,1H3/t15?,17-/m0/s1. The molecule has 2 atom stereocenters. The molecule has 0 aromatic heterocycles. The van der Waals surface area contributed by atoms with E-state index in [4.69, 9.17) is 9.47 Å². The SMILES string of the molecule is C=C(CCC1CCC[C@@H]1OC(=O)c1ccccc1)C(=O)OCC.